The third-order valence-corrected chi connectivity index (χ3v) is 5.29. The summed E-state index contributed by atoms with van der Waals surface area (Å²) in [5.41, 5.74) is 3.79. The van der Waals surface area contributed by atoms with Gasteiger partial charge in [-0.25, -0.2) is 9.67 Å². The summed E-state index contributed by atoms with van der Waals surface area (Å²) < 4.78 is 30.4. The number of allylic oxidation sites excluding steroid dienone is 2. The second kappa shape index (κ2) is 9.81. The highest BCUT2D eigenvalue weighted by Gasteiger charge is 2.36. The Morgan fingerprint density at radius 1 is 1.06 bits per heavy atom. The number of tetrazole rings is 1. The lowest BCUT2D eigenvalue weighted by molar-refractivity contribution is -0.0232. The van der Waals surface area contributed by atoms with Crippen molar-refractivity contribution in [2.24, 2.45) is 0 Å². The monoisotopic (exact) mass is 449 g/mol. The number of rotatable bonds is 9. The average Bonchev–Trinajstić information content (AvgIpc) is 3.49. The van der Waals surface area contributed by atoms with Crippen LogP contribution in [-0.2, 0) is 18.9 Å². The van der Waals surface area contributed by atoms with Crippen LogP contribution in [0, 0.1) is 0 Å². The molecule has 2 aromatic carbocycles. The van der Waals surface area contributed by atoms with E-state index in [1.54, 1.807) is 11.6 Å². The molecule has 33 heavy (non-hydrogen) atoms. The topological polar surface area (TPSA) is 85.2 Å². The highest BCUT2D eigenvalue weighted by atomic mass is 19.3. The second-order valence-electron chi connectivity index (χ2n) is 7.71. The van der Waals surface area contributed by atoms with E-state index in [4.69, 9.17) is 0 Å². The van der Waals surface area contributed by atoms with Crippen molar-refractivity contribution in [2.45, 2.75) is 45.6 Å². The largest absolute Gasteiger partial charge is 0.308 e. The summed E-state index contributed by atoms with van der Waals surface area (Å²) in [6.45, 7) is 4.01. The van der Waals surface area contributed by atoms with Gasteiger partial charge in [-0.05, 0) is 35.2 Å². The van der Waals surface area contributed by atoms with E-state index in [-0.39, 0.29) is 6.42 Å². The van der Waals surface area contributed by atoms with Crippen molar-refractivity contribution in [1.29, 1.82) is 0 Å². The van der Waals surface area contributed by atoms with Crippen LogP contribution in [0.2, 0.25) is 0 Å². The van der Waals surface area contributed by atoms with Crippen molar-refractivity contribution in [3.8, 4) is 22.5 Å². The zero-order valence-electron chi connectivity index (χ0n) is 18.5. The summed E-state index contributed by atoms with van der Waals surface area (Å²) >= 11 is 0. The van der Waals surface area contributed by atoms with E-state index >= 15 is 0 Å². The third-order valence-electron chi connectivity index (χ3n) is 5.29. The number of halogens is 2. The summed E-state index contributed by atoms with van der Waals surface area (Å²) in [7, 11) is 0. The van der Waals surface area contributed by atoms with Crippen molar-refractivity contribution < 1.29 is 8.78 Å². The third kappa shape index (κ3) is 5.02. The number of alkyl halides is 2. The number of aromatic amines is 1. The van der Waals surface area contributed by atoms with Gasteiger partial charge in [-0.2, -0.15) is 14.0 Å². The van der Waals surface area contributed by atoms with Crippen LogP contribution in [0.1, 0.15) is 43.9 Å². The van der Waals surface area contributed by atoms with Gasteiger partial charge in [-0.3, -0.25) is 0 Å². The Bertz CT molecular complexity index is 1210. The SMILES string of the molecule is CC=CCn1nc(C(F)(F)CCC)nc1Cc1ccc(-c2ccccc2-c2nn[nH]n2)cc1. The highest BCUT2D eigenvalue weighted by Crippen LogP contribution is 2.32. The molecule has 0 aliphatic rings. The molecule has 0 spiro atoms. The summed E-state index contributed by atoms with van der Waals surface area (Å²) in [4.78, 5) is 4.22. The normalized spacial score (nSPS) is 12.0. The molecule has 4 rings (SSSR count). The van der Waals surface area contributed by atoms with Crippen LogP contribution >= 0.6 is 0 Å². The van der Waals surface area contributed by atoms with Crippen molar-refractivity contribution in [1.82, 2.24) is 35.4 Å². The molecule has 0 unspecified atom stereocenters. The Hall–Kier alpha value is -3.75. The van der Waals surface area contributed by atoms with E-state index < -0.39 is 11.7 Å². The summed E-state index contributed by atoms with van der Waals surface area (Å²) in [5.74, 6) is -2.41. The van der Waals surface area contributed by atoms with Crippen LogP contribution in [0.5, 0.6) is 0 Å². The van der Waals surface area contributed by atoms with Crippen LogP contribution in [0.25, 0.3) is 22.5 Å². The lowest BCUT2D eigenvalue weighted by atomic mass is 9.98. The average molecular weight is 450 g/mol. The predicted octanol–water partition coefficient (Wildman–Crippen LogP) is 5.18. The zero-order valence-corrected chi connectivity index (χ0v) is 18.5. The van der Waals surface area contributed by atoms with E-state index in [9.17, 15) is 8.78 Å². The number of nitrogens with one attached hydrogen (secondary N) is 1. The number of hydrogen-bond donors (Lipinski definition) is 1. The Labute approximate surface area is 190 Å². The zero-order chi connectivity index (χ0) is 23.3. The lowest BCUT2D eigenvalue weighted by Crippen LogP contribution is -2.15. The smallest absolute Gasteiger partial charge is 0.245 e. The maximum Gasteiger partial charge on any atom is 0.308 e. The highest BCUT2D eigenvalue weighted by molar-refractivity contribution is 5.80. The maximum absolute atomic E-state index is 14.4. The van der Waals surface area contributed by atoms with E-state index in [0.717, 1.165) is 22.3 Å². The second-order valence-corrected chi connectivity index (χ2v) is 7.71. The quantitative estimate of drug-likeness (QED) is 0.356. The number of H-pyrrole nitrogens is 1. The molecule has 0 aliphatic heterocycles. The van der Waals surface area contributed by atoms with E-state index in [2.05, 4.69) is 30.7 Å². The van der Waals surface area contributed by atoms with Gasteiger partial charge in [0.1, 0.15) is 5.82 Å². The molecule has 2 heterocycles. The van der Waals surface area contributed by atoms with Gasteiger partial charge in [0, 0.05) is 18.4 Å². The Kier molecular flexibility index (Phi) is 6.67. The van der Waals surface area contributed by atoms with Crippen molar-refractivity contribution >= 4 is 0 Å². The van der Waals surface area contributed by atoms with Gasteiger partial charge < -0.3 is 0 Å². The molecule has 1 N–H and O–H groups in total. The van der Waals surface area contributed by atoms with Crippen LogP contribution in [0.3, 0.4) is 0 Å². The van der Waals surface area contributed by atoms with Crippen molar-refractivity contribution in [2.75, 3.05) is 0 Å². The molecule has 2 aromatic heterocycles. The predicted molar refractivity (Wildman–Crippen MR) is 121 cm³/mol. The molecule has 0 radical (unpaired) electrons. The first-order valence-electron chi connectivity index (χ1n) is 10.9. The molecule has 0 aliphatic carbocycles. The van der Waals surface area contributed by atoms with Crippen LogP contribution in [0.15, 0.2) is 60.7 Å². The van der Waals surface area contributed by atoms with E-state index in [1.807, 2.05) is 67.6 Å². The molecular formula is C24H25F2N7. The van der Waals surface area contributed by atoms with Gasteiger partial charge in [-0.15, -0.1) is 15.3 Å². The molecule has 0 amide bonds. The van der Waals surface area contributed by atoms with Crippen LogP contribution < -0.4 is 0 Å². The van der Waals surface area contributed by atoms with Gasteiger partial charge in [0.25, 0.3) is 0 Å². The van der Waals surface area contributed by atoms with Crippen molar-refractivity contribution in [3.05, 3.63) is 77.9 Å². The summed E-state index contributed by atoms with van der Waals surface area (Å²) in [6, 6.07) is 15.7. The van der Waals surface area contributed by atoms with E-state index in [1.165, 1.54) is 0 Å². The van der Waals surface area contributed by atoms with Crippen LogP contribution in [-0.4, -0.2) is 35.4 Å². The first-order chi connectivity index (χ1) is 16.0. The minimum Gasteiger partial charge on any atom is -0.245 e. The number of hydrogen-bond acceptors (Lipinski definition) is 5. The first kappa shape index (κ1) is 22.4. The first-order valence-corrected chi connectivity index (χ1v) is 10.9. The number of benzene rings is 2. The fourth-order valence-electron chi connectivity index (χ4n) is 3.63. The van der Waals surface area contributed by atoms with Gasteiger partial charge in [-0.1, -0.05) is 67.6 Å². The molecule has 0 fully saturated rings. The van der Waals surface area contributed by atoms with Gasteiger partial charge in [0.2, 0.25) is 11.6 Å². The van der Waals surface area contributed by atoms with E-state index in [0.29, 0.717) is 31.0 Å². The Balaban J connectivity index is 1.61. The molecule has 9 heteroatoms. The van der Waals surface area contributed by atoms with Gasteiger partial charge in [0.15, 0.2) is 0 Å². The van der Waals surface area contributed by atoms with Crippen molar-refractivity contribution in [3.63, 3.8) is 0 Å². The summed E-state index contributed by atoms with van der Waals surface area (Å²) in [6.07, 6.45) is 4.23. The maximum atomic E-state index is 14.4. The fourth-order valence-corrected chi connectivity index (χ4v) is 3.63. The molecule has 4 aromatic rings. The number of aromatic nitrogens is 7. The number of nitrogens with zero attached hydrogens (tertiary/aromatic N) is 6. The molecule has 0 saturated carbocycles. The molecule has 0 atom stereocenters. The molecule has 7 nitrogen and oxygen atoms in total. The Morgan fingerprint density at radius 2 is 1.82 bits per heavy atom. The molecule has 0 saturated heterocycles. The minimum absolute atomic E-state index is 0.269. The standard InChI is InChI=1S/C24H25F2N7/c1-3-5-15-33-21(27-23(30-33)24(25,26)14-4-2)16-17-10-12-18(13-11-17)19-8-6-7-9-20(19)22-28-31-32-29-22/h3,5-13H,4,14-16H2,1-2H3,(H,28,29,31,32). The Morgan fingerprint density at radius 3 is 2.48 bits per heavy atom. The molecule has 170 valence electrons. The van der Waals surface area contributed by atoms with Gasteiger partial charge in [0.05, 0.1) is 6.54 Å². The molecule has 0 bridgehead atoms. The van der Waals surface area contributed by atoms with Gasteiger partial charge >= 0.3 is 5.92 Å². The lowest BCUT2D eigenvalue weighted by Gasteiger charge is -2.10. The summed E-state index contributed by atoms with van der Waals surface area (Å²) in [5, 5.41) is 18.4. The van der Waals surface area contributed by atoms with Crippen LogP contribution in [0.4, 0.5) is 8.78 Å². The minimum atomic E-state index is -3.03. The molecular weight excluding hydrogens is 424 g/mol. The fraction of sp³-hybridized carbons (Fsp3) is 0.292.